The fraction of sp³-hybridized carbons (Fsp3) is 0.222. The van der Waals surface area contributed by atoms with E-state index in [9.17, 15) is 10.1 Å². The monoisotopic (exact) mass is 296 g/mol. The van der Waals surface area contributed by atoms with E-state index in [0.29, 0.717) is 5.75 Å². The highest BCUT2D eigenvalue weighted by molar-refractivity contribution is 5.68. The van der Waals surface area contributed by atoms with Gasteiger partial charge in [-0.3, -0.25) is 10.1 Å². The van der Waals surface area contributed by atoms with Crippen molar-refractivity contribution in [2.45, 2.75) is 25.9 Å². The molecule has 0 N–H and O–H groups in total. The molecule has 4 heteroatoms. The molecular formula is C18H18NO3. The zero-order chi connectivity index (χ0) is 15.9. The lowest BCUT2D eigenvalue weighted by molar-refractivity contribution is -0.386. The third kappa shape index (κ3) is 3.95. The molecule has 0 unspecified atom stereocenters. The first-order valence-electron chi connectivity index (χ1n) is 7.14. The molecule has 0 amide bonds. The lowest BCUT2D eigenvalue weighted by Crippen LogP contribution is -2.12. The molecule has 0 spiro atoms. The summed E-state index contributed by atoms with van der Waals surface area (Å²) in [5.74, 6) is 0.299. The number of allylic oxidation sites excluding steroid dienone is 1. The number of hydrogen-bond acceptors (Lipinski definition) is 3. The molecule has 0 aliphatic rings. The van der Waals surface area contributed by atoms with E-state index in [1.54, 1.807) is 24.3 Å². The van der Waals surface area contributed by atoms with Gasteiger partial charge in [-0.25, -0.2) is 0 Å². The summed E-state index contributed by atoms with van der Waals surface area (Å²) < 4.78 is 5.70. The van der Waals surface area contributed by atoms with Crippen molar-refractivity contribution < 1.29 is 9.66 Å². The van der Waals surface area contributed by atoms with Crippen molar-refractivity contribution in [1.82, 2.24) is 0 Å². The highest BCUT2D eigenvalue weighted by Gasteiger charge is 2.18. The number of hydrogen-bond donors (Lipinski definition) is 0. The zero-order valence-corrected chi connectivity index (χ0v) is 12.5. The molecule has 1 atom stereocenters. The van der Waals surface area contributed by atoms with Crippen LogP contribution in [0.4, 0.5) is 5.69 Å². The molecule has 0 heterocycles. The van der Waals surface area contributed by atoms with E-state index in [2.05, 4.69) is 12.6 Å². The van der Waals surface area contributed by atoms with E-state index in [4.69, 9.17) is 4.74 Å². The summed E-state index contributed by atoms with van der Waals surface area (Å²) in [4.78, 5) is 10.9. The fourth-order valence-corrected chi connectivity index (χ4v) is 2.15. The maximum Gasteiger partial charge on any atom is 0.311 e. The fourth-order valence-electron chi connectivity index (χ4n) is 2.15. The first-order valence-corrected chi connectivity index (χ1v) is 7.14. The van der Waals surface area contributed by atoms with E-state index in [-0.39, 0.29) is 11.8 Å². The third-order valence-corrected chi connectivity index (χ3v) is 3.31. The maximum absolute atomic E-state index is 11.3. The van der Waals surface area contributed by atoms with Gasteiger partial charge in [-0.2, -0.15) is 0 Å². The van der Waals surface area contributed by atoms with Gasteiger partial charge in [-0.1, -0.05) is 36.4 Å². The normalized spacial score (nSPS) is 11.7. The van der Waals surface area contributed by atoms with Crippen LogP contribution < -0.4 is 4.74 Å². The van der Waals surface area contributed by atoms with E-state index in [1.807, 2.05) is 31.2 Å². The number of ether oxygens (including phenoxy) is 1. The average molecular weight is 296 g/mol. The Labute approximate surface area is 130 Å². The van der Waals surface area contributed by atoms with Gasteiger partial charge < -0.3 is 4.74 Å². The minimum absolute atomic E-state index is 0.0178. The minimum Gasteiger partial charge on any atom is -0.484 e. The van der Waals surface area contributed by atoms with Gasteiger partial charge in [-0.15, -0.1) is 6.58 Å². The molecule has 0 saturated carbocycles. The second-order valence-electron chi connectivity index (χ2n) is 5.02. The highest BCUT2D eigenvalue weighted by atomic mass is 16.6. The molecule has 0 fully saturated rings. The Balaban J connectivity index is 2.28. The summed E-state index contributed by atoms with van der Waals surface area (Å²) in [6.07, 6.45) is 3.29. The molecule has 0 saturated heterocycles. The summed E-state index contributed by atoms with van der Waals surface area (Å²) in [6, 6.07) is 15.3. The molecule has 0 bridgehead atoms. The van der Waals surface area contributed by atoms with Gasteiger partial charge in [0.25, 0.3) is 0 Å². The van der Waals surface area contributed by atoms with Gasteiger partial charge in [0, 0.05) is 6.07 Å². The molecule has 2 rings (SSSR count). The summed E-state index contributed by atoms with van der Waals surface area (Å²) in [6.45, 7) is 5.56. The van der Waals surface area contributed by atoms with Gasteiger partial charge in [0.05, 0.1) is 11.0 Å². The largest absolute Gasteiger partial charge is 0.484 e. The molecule has 0 aliphatic heterocycles. The molecule has 4 nitrogen and oxygen atoms in total. The molecule has 2 aromatic carbocycles. The summed E-state index contributed by atoms with van der Waals surface area (Å²) in [5.41, 5.74) is 1.68. The topological polar surface area (TPSA) is 52.4 Å². The molecule has 2 aromatic rings. The molecule has 22 heavy (non-hydrogen) atoms. The predicted octanol–water partition coefficient (Wildman–Crippen LogP) is 4.80. The van der Waals surface area contributed by atoms with E-state index in [1.165, 1.54) is 0 Å². The van der Waals surface area contributed by atoms with Gasteiger partial charge >= 0.3 is 5.69 Å². The molecule has 0 aromatic heterocycles. The Morgan fingerprint density at radius 1 is 1.32 bits per heavy atom. The Kier molecular flexibility index (Phi) is 5.31. The highest BCUT2D eigenvalue weighted by Crippen LogP contribution is 2.33. The lowest BCUT2D eigenvalue weighted by Gasteiger charge is -2.14. The van der Waals surface area contributed by atoms with Crippen molar-refractivity contribution in [3.8, 4) is 16.9 Å². The van der Waals surface area contributed by atoms with Gasteiger partial charge in [0.15, 0.2) is 5.75 Å². The van der Waals surface area contributed by atoms with Crippen LogP contribution in [0.2, 0.25) is 0 Å². The summed E-state index contributed by atoms with van der Waals surface area (Å²) in [7, 11) is 0. The Morgan fingerprint density at radius 3 is 2.68 bits per heavy atom. The second kappa shape index (κ2) is 7.41. The van der Waals surface area contributed by atoms with Crippen LogP contribution in [0.15, 0.2) is 55.1 Å². The van der Waals surface area contributed by atoms with Crippen LogP contribution in [0.1, 0.15) is 19.8 Å². The van der Waals surface area contributed by atoms with Crippen molar-refractivity contribution >= 4 is 5.69 Å². The van der Waals surface area contributed by atoms with Crippen molar-refractivity contribution in [3.05, 3.63) is 71.3 Å². The summed E-state index contributed by atoms with van der Waals surface area (Å²) >= 11 is 0. The van der Waals surface area contributed by atoms with Crippen molar-refractivity contribution in [2.75, 3.05) is 0 Å². The molecule has 1 radical (unpaired) electrons. The standard InChI is InChI=1S/C18H18NO3/c1-3-4-8-14(2)22-18-12-11-16(13-17(18)19(20)21)15-9-6-5-7-10-15/h3,6-7,9-14H,1,4,8H2,2H3/t14-/m1/s1. The van der Waals surface area contributed by atoms with Crippen LogP contribution in [0.5, 0.6) is 5.75 Å². The maximum atomic E-state index is 11.3. The number of rotatable bonds is 7. The zero-order valence-electron chi connectivity index (χ0n) is 12.5. The number of nitrogens with zero attached hydrogens (tertiary/aromatic N) is 1. The second-order valence-corrected chi connectivity index (χ2v) is 5.02. The van der Waals surface area contributed by atoms with Crippen molar-refractivity contribution in [1.29, 1.82) is 0 Å². The van der Waals surface area contributed by atoms with Crippen LogP contribution in [0.3, 0.4) is 0 Å². The SMILES string of the molecule is C=CCC[C@@H](C)Oc1ccc(-c2cc[c]cc2)cc1[N+](=O)[O-]. The van der Waals surface area contributed by atoms with Crippen molar-refractivity contribution in [2.24, 2.45) is 0 Å². The quantitative estimate of drug-likeness (QED) is 0.419. The van der Waals surface area contributed by atoms with Crippen LogP contribution in [0, 0.1) is 16.2 Å². The van der Waals surface area contributed by atoms with E-state index >= 15 is 0 Å². The average Bonchev–Trinajstić information content (AvgIpc) is 2.54. The van der Waals surface area contributed by atoms with Gasteiger partial charge in [0.1, 0.15) is 0 Å². The number of benzene rings is 2. The van der Waals surface area contributed by atoms with E-state index < -0.39 is 4.92 Å². The van der Waals surface area contributed by atoms with Crippen molar-refractivity contribution in [3.63, 3.8) is 0 Å². The minimum atomic E-state index is -0.409. The summed E-state index contributed by atoms with van der Waals surface area (Å²) in [5, 5.41) is 11.3. The first-order chi connectivity index (χ1) is 10.6. The lowest BCUT2D eigenvalue weighted by atomic mass is 10.0. The Morgan fingerprint density at radius 2 is 2.05 bits per heavy atom. The number of nitro benzene ring substituents is 1. The smallest absolute Gasteiger partial charge is 0.311 e. The first kappa shape index (κ1) is 15.8. The third-order valence-electron chi connectivity index (χ3n) is 3.31. The van der Waals surface area contributed by atoms with Gasteiger partial charge in [0.2, 0.25) is 0 Å². The molecular weight excluding hydrogens is 278 g/mol. The van der Waals surface area contributed by atoms with Crippen LogP contribution in [-0.2, 0) is 0 Å². The molecule has 0 aliphatic carbocycles. The Hall–Kier alpha value is -2.62. The van der Waals surface area contributed by atoms with Crippen LogP contribution in [-0.4, -0.2) is 11.0 Å². The predicted molar refractivity (Wildman–Crippen MR) is 86.9 cm³/mol. The molecule has 113 valence electrons. The van der Waals surface area contributed by atoms with Crippen LogP contribution >= 0.6 is 0 Å². The van der Waals surface area contributed by atoms with Gasteiger partial charge in [-0.05, 0) is 43.0 Å². The van der Waals surface area contributed by atoms with E-state index in [0.717, 1.165) is 24.0 Å². The number of nitro groups is 1. The Bertz CT molecular complexity index is 653. The van der Waals surface area contributed by atoms with Crippen LogP contribution in [0.25, 0.3) is 11.1 Å².